The van der Waals surface area contributed by atoms with Crippen LogP contribution in [0.5, 0.6) is 0 Å². The van der Waals surface area contributed by atoms with E-state index >= 15 is 0 Å². The quantitative estimate of drug-likeness (QED) is 0.741. The molecule has 1 rings (SSSR count). The van der Waals surface area contributed by atoms with Crippen molar-refractivity contribution in [3.05, 3.63) is 17.0 Å². The van der Waals surface area contributed by atoms with Gasteiger partial charge in [-0.05, 0) is 26.7 Å². The van der Waals surface area contributed by atoms with E-state index in [2.05, 4.69) is 42.6 Å². The summed E-state index contributed by atoms with van der Waals surface area (Å²) >= 11 is 6.10. The summed E-state index contributed by atoms with van der Waals surface area (Å²) in [6.45, 7) is 9.59. The van der Waals surface area contributed by atoms with Crippen LogP contribution in [0.25, 0.3) is 0 Å². The van der Waals surface area contributed by atoms with Crippen LogP contribution in [0.4, 0.5) is 5.82 Å². The van der Waals surface area contributed by atoms with E-state index in [1.807, 2.05) is 0 Å². The molecule has 16 heavy (non-hydrogen) atoms. The number of anilines is 1. The minimum atomic E-state index is 0.427. The molecule has 4 heteroatoms. The summed E-state index contributed by atoms with van der Waals surface area (Å²) < 4.78 is 0. The summed E-state index contributed by atoms with van der Waals surface area (Å²) in [5.41, 5.74) is 1.05. The molecular weight excluding hydrogens is 222 g/mol. The van der Waals surface area contributed by atoms with Crippen LogP contribution in [0, 0.1) is 0 Å². The fourth-order valence-corrected chi connectivity index (χ4v) is 2.05. The molecule has 0 bridgehead atoms. The van der Waals surface area contributed by atoms with E-state index < -0.39 is 0 Å². The molecule has 0 fully saturated rings. The summed E-state index contributed by atoms with van der Waals surface area (Å²) in [6, 6.07) is 0.427. The van der Waals surface area contributed by atoms with Crippen molar-refractivity contribution in [1.29, 1.82) is 0 Å². The van der Waals surface area contributed by atoms with E-state index in [4.69, 9.17) is 11.6 Å². The lowest BCUT2D eigenvalue weighted by Crippen LogP contribution is -2.33. The molecular formula is C12H20ClN3. The highest BCUT2D eigenvalue weighted by Crippen LogP contribution is 2.25. The minimum Gasteiger partial charge on any atom is -0.354 e. The fraction of sp³-hybridized carbons (Fsp3) is 0.667. The normalized spacial score (nSPS) is 10.9. The second-order valence-corrected chi connectivity index (χ2v) is 4.47. The molecule has 0 aliphatic rings. The summed E-state index contributed by atoms with van der Waals surface area (Å²) in [5.74, 6) is 0.986. The number of nitrogens with zero attached hydrogens (tertiary/aromatic N) is 3. The van der Waals surface area contributed by atoms with Gasteiger partial charge in [0.1, 0.15) is 17.3 Å². The Labute approximate surface area is 103 Å². The summed E-state index contributed by atoms with van der Waals surface area (Å²) in [4.78, 5) is 10.7. The van der Waals surface area contributed by atoms with Crippen LogP contribution < -0.4 is 4.90 Å². The van der Waals surface area contributed by atoms with Crippen LogP contribution in [0.3, 0.4) is 0 Å². The Morgan fingerprint density at radius 3 is 2.50 bits per heavy atom. The lowest BCUT2D eigenvalue weighted by atomic mass is 10.2. The zero-order valence-corrected chi connectivity index (χ0v) is 11.3. The van der Waals surface area contributed by atoms with Gasteiger partial charge in [-0.2, -0.15) is 0 Å². The molecule has 0 radical (unpaired) electrons. The predicted molar refractivity (Wildman–Crippen MR) is 69.2 cm³/mol. The van der Waals surface area contributed by atoms with Crippen molar-refractivity contribution in [3.8, 4) is 0 Å². The van der Waals surface area contributed by atoms with Gasteiger partial charge in [-0.1, -0.05) is 25.4 Å². The molecule has 0 spiro atoms. The van der Waals surface area contributed by atoms with Gasteiger partial charge in [0.05, 0.1) is 0 Å². The molecule has 3 nitrogen and oxygen atoms in total. The highest BCUT2D eigenvalue weighted by Gasteiger charge is 2.16. The van der Waals surface area contributed by atoms with Crippen molar-refractivity contribution in [3.63, 3.8) is 0 Å². The average Bonchev–Trinajstić information content (AvgIpc) is 2.25. The maximum absolute atomic E-state index is 6.10. The van der Waals surface area contributed by atoms with Crippen LogP contribution in [0.15, 0.2) is 6.33 Å². The maximum atomic E-state index is 6.10. The molecule has 1 aromatic rings. The molecule has 0 unspecified atom stereocenters. The zero-order valence-electron chi connectivity index (χ0n) is 10.5. The van der Waals surface area contributed by atoms with Crippen LogP contribution in [-0.2, 0) is 6.42 Å². The van der Waals surface area contributed by atoms with Crippen molar-refractivity contribution in [2.75, 3.05) is 11.4 Å². The molecule has 0 N–H and O–H groups in total. The van der Waals surface area contributed by atoms with E-state index in [-0.39, 0.29) is 0 Å². The van der Waals surface area contributed by atoms with E-state index in [1.165, 1.54) is 0 Å². The third-order valence-corrected chi connectivity index (χ3v) is 2.91. The van der Waals surface area contributed by atoms with E-state index in [1.54, 1.807) is 6.33 Å². The summed E-state index contributed by atoms with van der Waals surface area (Å²) in [7, 11) is 0. The van der Waals surface area contributed by atoms with Gasteiger partial charge in [-0.3, -0.25) is 0 Å². The monoisotopic (exact) mass is 241 g/mol. The van der Waals surface area contributed by atoms with Gasteiger partial charge in [-0.25, -0.2) is 9.97 Å². The minimum absolute atomic E-state index is 0.427. The lowest BCUT2D eigenvalue weighted by Gasteiger charge is -2.29. The molecule has 90 valence electrons. The van der Waals surface area contributed by atoms with Gasteiger partial charge >= 0.3 is 0 Å². The van der Waals surface area contributed by atoms with Gasteiger partial charge in [0, 0.05) is 18.2 Å². The molecule has 1 aromatic heterocycles. The van der Waals surface area contributed by atoms with Crippen molar-refractivity contribution in [2.45, 2.75) is 46.6 Å². The Morgan fingerprint density at radius 1 is 1.31 bits per heavy atom. The number of hydrogen-bond acceptors (Lipinski definition) is 3. The first-order valence-electron chi connectivity index (χ1n) is 5.87. The SMILES string of the molecule is CCCN(c1ncnc(Cl)c1CC)C(C)C. The Balaban J connectivity index is 3.12. The number of hydrogen-bond donors (Lipinski definition) is 0. The maximum Gasteiger partial charge on any atom is 0.137 e. The first-order chi connectivity index (χ1) is 7.61. The zero-order chi connectivity index (χ0) is 12.1. The highest BCUT2D eigenvalue weighted by molar-refractivity contribution is 6.30. The van der Waals surface area contributed by atoms with Crippen LogP contribution in [-0.4, -0.2) is 22.6 Å². The van der Waals surface area contributed by atoms with Gasteiger partial charge in [0.2, 0.25) is 0 Å². The highest BCUT2D eigenvalue weighted by atomic mass is 35.5. The van der Waals surface area contributed by atoms with E-state index in [0.29, 0.717) is 11.2 Å². The number of halogens is 1. The molecule has 0 aliphatic carbocycles. The van der Waals surface area contributed by atoms with Crippen LogP contribution >= 0.6 is 11.6 Å². The molecule has 0 aromatic carbocycles. The third-order valence-electron chi connectivity index (χ3n) is 2.58. The van der Waals surface area contributed by atoms with Gasteiger partial charge in [0.25, 0.3) is 0 Å². The standard InChI is InChI=1S/C12H20ClN3/c1-5-7-16(9(3)4)12-10(6-2)11(13)14-8-15-12/h8-9H,5-7H2,1-4H3. The topological polar surface area (TPSA) is 29.0 Å². The van der Waals surface area contributed by atoms with E-state index in [9.17, 15) is 0 Å². The number of aromatic nitrogens is 2. The third kappa shape index (κ3) is 2.85. The smallest absolute Gasteiger partial charge is 0.137 e. The predicted octanol–water partition coefficient (Wildman–Crippen LogP) is 3.32. The molecule has 0 aliphatic heterocycles. The molecule has 0 saturated carbocycles. The Kier molecular flexibility index (Phi) is 5.00. The Morgan fingerprint density at radius 2 is 2.00 bits per heavy atom. The van der Waals surface area contributed by atoms with Gasteiger partial charge in [-0.15, -0.1) is 0 Å². The van der Waals surface area contributed by atoms with Gasteiger partial charge < -0.3 is 4.90 Å². The second kappa shape index (κ2) is 6.04. The average molecular weight is 242 g/mol. The molecule has 0 saturated heterocycles. The van der Waals surface area contributed by atoms with Crippen molar-refractivity contribution < 1.29 is 0 Å². The summed E-state index contributed by atoms with van der Waals surface area (Å²) in [5, 5.41) is 0.578. The Hall–Kier alpha value is -0.830. The molecule has 0 atom stereocenters. The summed E-state index contributed by atoms with van der Waals surface area (Å²) in [6.07, 6.45) is 3.51. The van der Waals surface area contributed by atoms with Crippen molar-refractivity contribution >= 4 is 17.4 Å². The van der Waals surface area contributed by atoms with Crippen LogP contribution in [0.1, 0.15) is 39.7 Å². The first kappa shape index (κ1) is 13.2. The van der Waals surface area contributed by atoms with Gasteiger partial charge in [0.15, 0.2) is 0 Å². The van der Waals surface area contributed by atoms with E-state index in [0.717, 1.165) is 30.8 Å². The lowest BCUT2D eigenvalue weighted by molar-refractivity contribution is 0.657. The first-order valence-corrected chi connectivity index (χ1v) is 6.25. The van der Waals surface area contributed by atoms with Crippen LogP contribution in [0.2, 0.25) is 5.15 Å². The fourth-order valence-electron chi connectivity index (χ4n) is 1.78. The largest absolute Gasteiger partial charge is 0.354 e. The number of rotatable bonds is 5. The Bertz CT molecular complexity index is 339. The molecule has 0 amide bonds. The van der Waals surface area contributed by atoms with Crippen molar-refractivity contribution in [1.82, 2.24) is 9.97 Å². The second-order valence-electron chi connectivity index (χ2n) is 4.11. The molecule has 1 heterocycles. The van der Waals surface area contributed by atoms with Crippen molar-refractivity contribution in [2.24, 2.45) is 0 Å².